The van der Waals surface area contributed by atoms with Crippen molar-refractivity contribution in [1.29, 1.82) is 0 Å². The van der Waals surface area contributed by atoms with Crippen molar-refractivity contribution in [3.05, 3.63) is 47.3 Å². The molecule has 1 aromatic heterocycles. The topological polar surface area (TPSA) is 38.1 Å². The van der Waals surface area contributed by atoms with Gasteiger partial charge in [-0.25, -0.2) is 0 Å². The first-order chi connectivity index (χ1) is 9.02. The number of nitrogens with zero attached hydrogens (tertiary/aromatic N) is 3. The minimum atomic E-state index is -0.00120. The van der Waals surface area contributed by atoms with Gasteiger partial charge in [-0.2, -0.15) is 5.10 Å². The molecule has 0 bridgehead atoms. The molecule has 100 valence electrons. The van der Waals surface area contributed by atoms with E-state index in [1.54, 1.807) is 15.8 Å². The van der Waals surface area contributed by atoms with Crippen LogP contribution >= 0.6 is 0 Å². The number of benzene rings is 1. The molecule has 2 rings (SSSR count). The smallest absolute Gasteiger partial charge is 0.261 e. The Kier molecular flexibility index (Phi) is 3.69. The summed E-state index contributed by atoms with van der Waals surface area (Å²) >= 11 is 0. The molecule has 4 nitrogen and oxygen atoms in total. The standard InChI is InChI=1S/C15H19N3O/c1-5-18(13-8-6-7-11(2)9-13)15(19)14-10-17(4)16-12(14)3/h6-10H,5H2,1-4H3. The second kappa shape index (κ2) is 5.26. The van der Waals surface area contributed by atoms with E-state index in [4.69, 9.17) is 0 Å². The lowest BCUT2D eigenvalue weighted by atomic mass is 10.1. The first-order valence-corrected chi connectivity index (χ1v) is 6.41. The lowest BCUT2D eigenvalue weighted by Gasteiger charge is -2.21. The van der Waals surface area contributed by atoms with Crippen LogP contribution in [0.1, 0.15) is 28.5 Å². The number of rotatable bonds is 3. The number of hydrogen-bond donors (Lipinski definition) is 0. The van der Waals surface area contributed by atoms with Crippen molar-refractivity contribution in [2.24, 2.45) is 7.05 Å². The third kappa shape index (κ3) is 2.67. The van der Waals surface area contributed by atoms with E-state index in [0.29, 0.717) is 12.1 Å². The summed E-state index contributed by atoms with van der Waals surface area (Å²) in [6.07, 6.45) is 1.77. The first kappa shape index (κ1) is 13.3. The molecule has 2 aromatic rings. The molecule has 1 amide bonds. The van der Waals surface area contributed by atoms with Crippen LogP contribution in [-0.4, -0.2) is 22.2 Å². The van der Waals surface area contributed by atoms with Gasteiger partial charge in [-0.3, -0.25) is 9.48 Å². The zero-order chi connectivity index (χ0) is 14.0. The van der Waals surface area contributed by atoms with Crippen LogP contribution in [0.3, 0.4) is 0 Å². The van der Waals surface area contributed by atoms with Gasteiger partial charge in [-0.05, 0) is 38.5 Å². The molecule has 0 spiro atoms. The minimum Gasteiger partial charge on any atom is -0.309 e. The quantitative estimate of drug-likeness (QED) is 0.848. The number of amides is 1. The van der Waals surface area contributed by atoms with Gasteiger partial charge in [-0.1, -0.05) is 12.1 Å². The third-order valence-electron chi connectivity index (χ3n) is 3.12. The second-order valence-electron chi connectivity index (χ2n) is 4.69. The zero-order valence-electron chi connectivity index (χ0n) is 11.8. The summed E-state index contributed by atoms with van der Waals surface area (Å²) in [7, 11) is 1.83. The van der Waals surface area contributed by atoms with Gasteiger partial charge in [0.25, 0.3) is 5.91 Å². The summed E-state index contributed by atoms with van der Waals surface area (Å²) in [6.45, 7) is 6.50. The Morgan fingerprint density at radius 2 is 2.11 bits per heavy atom. The summed E-state index contributed by atoms with van der Waals surface area (Å²) in [5.41, 5.74) is 3.49. The van der Waals surface area contributed by atoms with E-state index in [2.05, 4.69) is 5.10 Å². The lowest BCUT2D eigenvalue weighted by molar-refractivity contribution is 0.0987. The first-order valence-electron chi connectivity index (χ1n) is 6.41. The number of hydrogen-bond acceptors (Lipinski definition) is 2. The summed E-state index contributed by atoms with van der Waals surface area (Å²) in [5.74, 6) is -0.00120. The molecule has 0 N–H and O–H groups in total. The van der Waals surface area contributed by atoms with Gasteiger partial charge < -0.3 is 4.90 Å². The fraction of sp³-hybridized carbons (Fsp3) is 0.333. The predicted molar refractivity (Wildman–Crippen MR) is 76.5 cm³/mol. The fourth-order valence-corrected chi connectivity index (χ4v) is 2.19. The maximum Gasteiger partial charge on any atom is 0.261 e. The van der Waals surface area contributed by atoms with Gasteiger partial charge in [0, 0.05) is 25.5 Å². The Hall–Kier alpha value is -2.10. The molecular formula is C15H19N3O. The number of anilines is 1. The number of carbonyl (C=O) groups excluding carboxylic acids is 1. The van der Waals surface area contributed by atoms with Crippen molar-refractivity contribution >= 4 is 11.6 Å². The van der Waals surface area contributed by atoms with Crippen LogP contribution in [0.25, 0.3) is 0 Å². The van der Waals surface area contributed by atoms with Gasteiger partial charge in [0.2, 0.25) is 0 Å². The highest BCUT2D eigenvalue weighted by Crippen LogP contribution is 2.19. The summed E-state index contributed by atoms with van der Waals surface area (Å²) in [5, 5.41) is 4.23. The van der Waals surface area contributed by atoms with E-state index >= 15 is 0 Å². The van der Waals surface area contributed by atoms with E-state index in [-0.39, 0.29) is 5.91 Å². The number of aromatic nitrogens is 2. The monoisotopic (exact) mass is 257 g/mol. The van der Waals surface area contributed by atoms with Crippen molar-refractivity contribution < 1.29 is 4.79 Å². The van der Waals surface area contributed by atoms with Crippen LogP contribution in [0, 0.1) is 13.8 Å². The molecule has 0 fully saturated rings. The van der Waals surface area contributed by atoms with E-state index in [1.165, 1.54) is 0 Å². The summed E-state index contributed by atoms with van der Waals surface area (Å²) in [6, 6.07) is 7.97. The van der Waals surface area contributed by atoms with Crippen molar-refractivity contribution in [3.8, 4) is 0 Å². The van der Waals surface area contributed by atoms with E-state index in [1.807, 2.05) is 52.1 Å². The van der Waals surface area contributed by atoms with E-state index in [9.17, 15) is 4.79 Å². The fourth-order valence-electron chi connectivity index (χ4n) is 2.19. The molecule has 1 aromatic carbocycles. The number of aryl methyl sites for hydroxylation is 3. The van der Waals surface area contributed by atoms with Crippen molar-refractivity contribution in [3.63, 3.8) is 0 Å². The maximum absolute atomic E-state index is 12.6. The highest BCUT2D eigenvalue weighted by Gasteiger charge is 2.20. The van der Waals surface area contributed by atoms with Gasteiger partial charge in [-0.15, -0.1) is 0 Å². The van der Waals surface area contributed by atoms with Crippen LogP contribution in [0.15, 0.2) is 30.5 Å². The normalized spacial score (nSPS) is 10.5. The van der Waals surface area contributed by atoms with Crippen LogP contribution in [0.5, 0.6) is 0 Å². The minimum absolute atomic E-state index is 0.00120. The predicted octanol–water partition coefficient (Wildman–Crippen LogP) is 2.70. The summed E-state index contributed by atoms with van der Waals surface area (Å²) in [4.78, 5) is 14.4. The van der Waals surface area contributed by atoms with Gasteiger partial charge in [0.15, 0.2) is 0 Å². The molecule has 0 atom stereocenters. The SMILES string of the molecule is CCN(C(=O)c1cn(C)nc1C)c1cccc(C)c1. The Bertz CT molecular complexity index is 601. The molecule has 0 aliphatic rings. The lowest BCUT2D eigenvalue weighted by Crippen LogP contribution is -2.30. The van der Waals surface area contributed by atoms with Gasteiger partial charge >= 0.3 is 0 Å². The van der Waals surface area contributed by atoms with Gasteiger partial charge in [0.05, 0.1) is 11.3 Å². The van der Waals surface area contributed by atoms with Crippen molar-refractivity contribution in [2.75, 3.05) is 11.4 Å². The van der Waals surface area contributed by atoms with Crippen molar-refractivity contribution in [2.45, 2.75) is 20.8 Å². The second-order valence-corrected chi connectivity index (χ2v) is 4.69. The molecule has 0 aliphatic heterocycles. The average Bonchev–Trinajstić information content (AvgIpc) is 2.69. The van der Waals surface area contributed by atoms with Crippen molar-refractivity contribution in [1.82, 2.24) is 9.78 Å². The highest BCUT2D eigenvalue weighted by atomic mass is 16.2. The average molecular weight is 257 g/mol. The zero-order valence-corrected chi connectivity index (χ0v) is 11.8. The molecule has 1 heterocycles. The van der Waals surface area contributed by atoms with Crippen LogP contribution < -0.4 is 4.90 Å². The molecule has 0 radical (unpaired) electrons. The third-order valence-corrected chi connectivity index (χ3v) is 3.12. The van der Waals surface area contributed by atoms with Crippen LogP contribution in [-0.2, 0) is 7.05 Å². The molecule has 4 heteroatoms. The molecule has 19 heavy (non-hydrogen) atoms. The molecular weight excluding hydrogens is 238 g/mol. The Balaban J connectivity index is 2.37. The highest BCUT2D eigenvalue weighted by molar-refractivity contribution is 6.06. The Morgan fingerprint density at radius 1 is 1.37 bits per heavy atom. The Labute approximate surface area is 113 Å². The Morgan fingerprint density at radius 3 is 2.63 bits per heavy atom. The molecule has 0 saturated heterocycles. The molecule has 0 unspecified atom stereocenters. The van der Waals surface area contributed by atoms with E-state index in [0.717, 1.165) is 16.9 Å². The van der Waals surface area contributed by atoms with Gasteiger partial charge in [0.1, 0.15) is 0 Å². The van der Waals surface area contributed by atoms with Crippen LogP contribution in [0.2, 0.25) is 0 Å². The molecule has 0 saturated carbocycles. The largest absolute Gasteiger partial charge is 0.309 e. The summed E-state index contributed by atoms with van der Waals surface area (Å²) < 4.78 is 1.67. The number of carbonyl (C=O) groups is 1. The van der Waals surface area contributed by atoms with Crippen LogP contribution in [0.4, 0.5) is 5.69 Å². The molecule has 0 aliphatic carbocycles. The van der Waals surface area contributed by atoms with E-state index < -0.39 is 0 Å². The maximum atomic E-state index is 12.6.